The van der Waals surface area contributed by atoms with Crippen LogP contribution in [0.1, 0.15) is 12.8 Å². The Balaban J connectivity index is 1.68. The fraction of sp³-hybridized carbons (Fsp3) is 0.250. The molecular formula is C16H17ClN2O5S2. The van der Waals surface area contributed by atoms with E-state index in [0.717, 1.165) is 25.1 Å². The van der Waals surface area contributed by atoms with Crippen molar-refractivity contribution in [2.24, 2.45) is 0 Å². The molecule has 1 atom stereocenters. The first-order valence-electron chi connectivity index (χ1n) is 7.93. The first-order chi connectivity index (χ1) is 12.2. The van der Waals surface area contributed by atoms with Crippen LogP contribution < -0.4 is 14.4 Å². The van der Waals surface area contributed by atoms with E-state index in [0.29, 0.717) is 10.6 Å². The van der Waals surface area contributed by atoms with Gasteiger partial charge in [-0.1, -0.05) is 6.07 Å². The summed E-state index contributed by atoms with van der Waals surface area (Å²) in [5.41, 5.74) is 0.774. The van der Waals surface area contributed by atoms with Crippen molar-refractivity contribution in [1.29, 1.82) is 0 Å². The molecule has 0 amide bonds. The van der Waals surface area contributed by atoms with Gasteiger partial charge in [0.25, 0.3) is 9.05 Å². The van der Waals surface area contributed by atoms with E-state index in [1.54, 1.807) is 24.3 Å². The van der Waals surface area contributed by atoms with E-state index in [2.05, 4.69) is 9.62 Å². The Hall–Kier alpha value is -1.49. The van der Waals surface area contributed by atoms with Crippen LogP contribution in [-0.4, -0.2) is 30.2 Å². The van der Waals surface area contributed by atoms with Crippen molar-refractivity contribution in [3.63, 3.8) is 0 Å². The molecule has 0 radical (unpaired) electrons. The smallest absolute Gasteiger partial charge is 0.261 e. The Kier molecular flexibility index (Phi) is 4.33. The van der Waals surface area contributed by atoms with E-state index in [4.69, 9.17) is 15.4 Å². The van der Waals surface area contributed by atoms with Gasteiger partial charge in [-0.25, -0.2) is 8.42 Å². The predicted molar refractivity (Wildman–Crippen MR) is 101 cm³/mol. The molecule has 0 bridgehead atoms. The van der Waals surface area contributed by atoms with E-state index in [9.17, 15) is 17.5 Å². The monoisotopic (exact) mass is 416 g/mol. The number of benzene rings is 2. The van der Waals surface area contributed by atoms with E-state index >= 15 is 0 Å². The second-order valence-electron chi connectivity index (χ2n) is 6.16. The molecule has 1 fully saturated rings. The highest BCUT2D eigenvalue weighted by atomic mass is 35.7. The minimum absolute atomic E-state index is 0.0690. The lowest BCUT2D eigenvalue weighted by atomic mass is 10.2. The highest BCUT2D eigenvalue weighted by Gasteiger charge is 2.38. The van der Waals surface area contributed by atoms with Gasteiger partial charge in [-0.3, -0.25) is 9.11 Å². The number of hydrogen-bond acceptors (Lipinski definition) is 7. The Bertz CT molecular complexity index is 967. The topological polar surface area (TPSA) is 99.1 Å². The molecule has 1 unspecified atom stereocenters. The highest BCUT2D eigenvalue weighted by Crippen LogP contribution is 2.55. The Morgan fingerprint density at radius 2 is 1.96 bits per heavy atom. The van der Waals surface area contributed by atoms with Gasteiger partial charge in [0, 0.05) is 29.4 Å². The molecule has 2 heterocycles. The third-order valence-corrected chi connectivity index (χ3v) is 7.32. The average molecular weight is 417 g/mol. The van der Waals surface area contributed by atoms with Crippen LogP contribution >= 0.6 is 21.5 Å². The van der Waals surface area contributed by atoms with Crippen LogP contribution in [0.2, 0.25) is 0 Å². The summed E-state index contributed by atoms with van der Waals surface area (Å²) < 4.78 is 52.4. The minimum Gasteiger partial charge on any atom is -0.457 e. The van der Waals surface area contributed by atoms with Gasteiger partial charge in [-0.05, 0) is 37.1 Å². The Morgan fingerprint density at radius 1 is 1.19 bits per heavy atom. The van der Waals surface area contributed by atoms with Gasteiger partial charge < -0.3 is 9.64 Å². The Morgan fingerprint density at radius 3 is 2.73 bits per heavy atom. The zero-order valence-corrected chi connectivity index (χ0v) is 15.9. The van der Waals surface area contributed by atoms with Crippen molar-refractivity contribution in [3.05, 3.63) is 42.5 Å². The zero-order valence-electron chi connectivity index (χ0n) is 13.5. The fourth-order valence-electron chi connectivity index (χ4n) is 3.28. The maximum atomic E-state index is 11.5. The van der Waals surface area contributed by atoms with Gasteiger partial charge >= 0.3 is 0 Å². The van der Waals surface area contributed by atoms with Crippen molar-refractivity contribution >= 4 is 36.2 Å². The largest absolute Gasteiger partial charge is 0.457 e. The molecule has 10 heteroatoms. The predicted octanol–water partition coefficient (Wildman–Crippen LogP) is 3.96. The van der Waals surface area contributed by atoms with E-state index in [1.165, 1.54) is 18.2 Å². The summed E-state index contributed by atoms with van der Waals surface area (Å²) in [5.74, 6) is 0.651. The number of fused-ring (bicyclic) bond motifs is 3. The molecule has 4 rings (SSSR count). The molecule has 0 aliphatic carbocycles. The molecule has 3 N–H and O–H groups in total. The van der Waals surface area contributed by atoms with Crippen molar-refractivity contribution in [2.75, 3.05) is 11.4 Å². The molecule has 1 saturated heterocycles. The number of rotatable bonds is 3. The molecule has 0 spiro atoms. The zero-order chi connectivity index (χ0) is 18.5. The van der Waals surface area contributed by atoms with Gasteiger partial charge in [-0.2, -0.15) is 4.72 Å². The van der Waals surface area contributed by atoms with E-state index in [1.807, 2.05) is 0 Å². The second kappa shape index (κ2) is 6.29. The van der Waals surface area contributed by atoms with Crippen LogP contribution in [0.25, 0.3) is 0 Å². The van der Waals surface area contributed by atoms with E-state index < -0.39 is 19.8 Å². The summed E-state index contributed by atoms with van der Waals surface area (Å²) in [4.78, 5) is 2.41. The highest BCUT2D eigenvalue weighted by molar-refractivity contribution is 8.22. The molecule has 7 nitrogen and oxygen atoms in total. The third-order valence-electron chi connectivity index (χ3n) is 4.42. The van der Waals surface area contributed by atoms with Gasteiger partial charge in [0.1, 0.15) is 16.4 Å². The lowest BCUT2D eigenvalue weighted by molar-refractivity contribution is 0.439. The summed E-state index contributed by atoms with van der Waals surface area (Å²) in [6.45, 7) is 0.843. The summed E-state index contributed by atoms with van der Waals surface area (Å²) in [6, 6.07) is 10.9. The summed E-state index contributed by atoms with van der Waals surface area (Å²) in [6.07, 6.45) is 1.75. The molecule has 0 saturated carbocycles. The molecular weight excluding hydrogens is 400 g/mol. The lowest BCUT2D eigenvalue weighted by Gasteiger charge is -2.46. The molecule has 140 valence electrons. The maximum Gasteiger partial charge on any atom is 0.261 e. The molecule has 2 aromatic rings. The number of hydrogen-bond donors (Lipinski definition) is 3. The molecule has 26 heavy (non-hydrogen) atoms. The van der Waals surface area contributed by atoms with Crippen LogP contribution in [0.5, 0.6) is 11.5 Å². The minimum atomic E-state index is -3.86. The first kappa shape index (κ1) is 17.9. The van der Waals surface area contributed by atoms with Crippen molar-refractivity contribution in [1.82, 2.24) is 4.72 Å². The molecule has 2 aromatic carbocycles. The van der Waals surface area contributed by atoms with Gasteiger partial charge in [0.2, 0.25) is 0 Å². The average Bonchev–Trinajstić information content (AvgIpc) is 3.02. The van der Waals surface area contributed by atoms with Crippen molar-refractivity contribution in [3.8, 4) is 11.5 Å². The van der Waals surface area contributed by atoms with Gasteiger partial charge in [0.15, 0.2) is 0 Å². The molecule has 2 aliphatic heterocycles. The summed E-state index contributed by atoms with van der Waals surface area (Å²) in [7, 11) is -1.63. The van der Waals surface area contributed by atoms with Crippen LogP contribution in [0.3, 0.4) is 0 Å². The van der Waals surface area contributed by atoms with Crippen LogP contribution in [-0.2, 0) is 9.05 Å². The number of nitrogens with zero attached hydrogens (tertiary/aromatic N) is 1. The molecule has 0 aromatic heterocycles. The standard InChI is InChI=1S/C16H17ClN2O5S2/c17-25(20,21)13-4-1-3-11(9-13)24-12-6-7-14-15(10-12)26(22,23)18-16-5-2-8-19(14)16/h1,3-4,6-7,9-10,16,18,22-23H,2,5,8H2. The molecule has 2 aliphatic rings. The quantitative estimate of drug-likeness (QED) is 0.651. The maximum absolute atomic E-state index is 11.5. The van der Waals surface area contributed by atoms with Crippen molar-refractivity contribution in [2.45, 2.75) is 28.8 Å². The Labute approximate surface area is 157 Å². The van der Waals surface area contributed by atoms with Crippen LogP contribution in [0.4, 0.5) is 5.69 Å². The number of anilines is 1. The number of ether oxygens (including phenoxy) is 1. The second-order valence-corrected chi connectivity index (χ2v) is 10.5. The normalized spacial score (nSPS) is 22.4. The van der Waals surface area contributed by atoms with Gasteiger partial charge in [-0.15, -0.1) is 10.8 Å². The third kappa shape index (κ3) is 3.26. The first-order valence-corrected chi connectivity index (χ1v) is 11.8. The van der Waals surface area contributed by atoms with E-state index in [-0.39, 0.29) is 16.8 Å². The van der Waals surface area contributed by atoms with Crippen LogP contribution in [0.15, 0.2) is 52.3 Å². The fourth-order valence-corrected chi connectivity index (χ4v) is 5.57. The number of nitrogens with one attached hydrogen (secondary N) is 1. The van der Waals surface area contributed by atoms with Crippen molar-refractivity contribution < 1.29 is 22.3 Å². The van der Waals surface area contributed by atoms with Gasteiger partial charge in [0.05, 0.1) is 16.7 Å². The SMILES string of the molecule is O=S(=O)(Cl)c1cccc(Oc2ccc3c(c2)S(O)(O)NC2CCCN32)c1. The van der Waals surface area contributed by atoms with Crippen LogP contribution in [0, 0.1) is 0 Å². The lowest BCUT2D eigenvalue weighted by Crippen LogP contribution is -2.46. The summed E-state index contributed by atoms with van der Waals surface area (Å²) in [5, 5.41) is 0. The summed E-state index contributed by atoms with van der Waals surface area (Å²) >= 11 is 0. The number of halogens is 1.